The summed E-state index contributed by atoms with van der Waals surface area (Å²) in [5.74, 6) is -2.03. The maximum atomic E-state index is 13.2. The first kappa shape index (κ1) is 22.8. The first-order chi connectivity index (χ1) is 17.4. The van der Waals surface area contributed by atoms with E-state index in [1.807, 2.05) is 48.5 Å². The Balaban J connectivity index is 1.43. The van der Waals surface area contributed by atoms with Gasteiger partial charge in [-0.15, -0.1) is 0 Å². The molecule has 0 aliphatic carbocycles. The van der Waals surface area contributed by atoms with E-state index < -0.39 is 23.9 Å². The minimum absolute atomic E-state index is 0.0277. The van der Waals surface area contributed by atoms with Gasteiger partial charge in [0.15, 0.2) is 11.7 Å². The second-order valence-electron chi connectivity index (χ2n) is 8.12. The van der Waals surface area contributed by atoms with Crippen molar-refractivity contribution in [1.29, 1.82) is 0 Å². The molecule has 0 radical (unpaired) electrons. The number of fused-ring (bicyclic) bond motifs is 2. The number of benzene rings is 4. The first-order valence-electron chi connectivity index (χ1n) is 11.1. The number of aromatic carboxylic acids is 1. The molecule has 1 heterocycles. The number of hydrogen-bond acceptors (Lipinski definition) is 6. The zero-order chi connectivity index (χ0) is 25.2. The molecule has 1 atom stereocenters. The molecule has 4 aromatic carbocycles. The number of nitrogens with zero attached hydrogens (tertiary/aromatic N) is 1. The van der Waals surface area contributed by atoms with Crippen molar-refractivity contribution in [1.82, 2.24) is 4.98 Å². The summed E-state index contributed by atoms with van der Waals surface area (Å²) in [4.78, 5) is 41.6. The van der Waals surface area contributed by atoms with Crippen LogP contribution in [0.25, 0.3) is 33.3 Å². The smallest absolute Gasteiger partial charge is 0.339 e. The molecular weight excluding hydrogens is 460 g/mol. The lowest BCUT2D eigenvalue weighted by atomic mass is 9.99. The van der Waals surface area contributed by atoms with E-state index in [2.05, 4.69) is 10.3 Å². The van der Waals surface area contributed by atoms with Gasteiger partial charge in [-0.1, -0.05) is 42.5 Å². The zero-order valence-corrected chi connectivity index (χ0v) is 19.1. The Labute approximate surface area is 205 Å². The van der Waals surface area contributed by atoms with Crippen molar-refractivity contribution in [3.63, 3.8) is 0 Å². The molecule has 36 heavy (non-hydrogen) atoms. The van der Waals surface area contributed by atoms with E-state index in [1.54, 1.807) is 18.2 Å². The van der Waals surface area contributed by atoms with E-state index in [4.69, 9.17) is 14.3 Å². The Kier molecular flexibility index (Phi) is 5.92. The molecule has 0 spiro atoms. The maximum Gasteiger partial charge on any atom is 0.339 e. The number of aromatic nitrogens is 1. The van der Waals surface area contributed by atoms with Crippen molar-refractivity contribution in [2.24, 2.45) is 0 Å². The van der Waals surface area contributed by atoms with Gasteiger partial charge in [-0.2, -0.15) is 0 Å². The number of carboxylic acid groups (broad SMARTS) is 1. The van der Waals surface area contributed by atoms with E-state index >= 15 is 0 Å². The van der Waals surface area contributed by atoms with E-state index in [1.165, 1.54) is 25.1 Å². The van der Waals surface area contributed by atoms with Crippen LogP contribution in [0.2, 0.25) is 0 Å². The summed E-state index contributed by atoms with van der Waals surface area (Å²) in [7, 11) is 0. The second-order valence-corrected chi connectivity index (χ2v) is 8.12. The van der Waals surface area contributed by atoms with E-state index in [0.717, 1.165) is 5.39 Å². The summed E-state index contributed by atoms with van der Waals surface area (Å²) >= 11 is 0. The van der Waals surface area contributed by atoms with Crippen LogP contribution in [-0.2, 0) is 9.53 Å². The third-order valence-corrected chi connectivity index (χ3v) is 5.68. The van der Waals surface area contributed by atoms with Crippen LogP contribution >= 0.6 is 0 Å². The molecule has 0 saturated carbocycles. The van der Waals surface area contributed by atoms with Crippen molar-refractivity contribution in [3.05, 3.63) is 96.1 Å². The number of nitrogens with one attached hydrogen (secondary N) is 1. The number of esters is 1. The topological polar surface area (TPSA) is 119 Å². The van der Waals surface area contributed by atoms with Gasteiger partial charge in [-0.25, -0.2) is 14.6 Å². The van der Waals surface area contributed by atoms with Crippen molar-refractivity contribution in [3.8, 4) is 11.5 Å². The van der Waals surface area contributed by atoms with Gasteiger partial charge in [-0.05, 0) is 54.8 Å². The Morgan fingerprint density at radius 3 is 2.47 bits per heavy atom. The Hall–Kier alpha value is -4.98. The number of rotatable bonds is 6. The average molecular weight is 480 g/mol. The van der Waals surface area contributed by atoms with Gasteiger partial charge in [0.25, 0.3) is 5.91 Å². The molecule has 0 fully saturated rings. The standard InChI is InChI=1S/C28H20N2O6/c1-16(25(31)29-19-10-4-9-18(15-19)27(32)33)35-28(34)21-12-6-8-17-7-5-11-20(24(17)21)26-30-22-13-2-3-14-23(22)36-26/h2-16H,1H3,(H,29,31)(H,32,33). The molecular formula is C28H20N2O6. The molecule has 0 saturated heterocycles. The molecule has 1 amide bonds. The largest absolute Gasteiger partial charge is 0.478 e. The van der Waals surface area contributed by atoms with Gasteiger partial charge < -0.3 is 19.6 Å². The normalized spacial score (nSPS) is 11.8. The lowest BCUT2D eigenvalue weighted by Gasteiger charge is -2.15. The molecule has 0 bridgehead atoms. The Bertz CT molecular complexity index is 1600. The maximum absolute atomic E-state index is 13.2. The summed E-state index contributed by atoms with van der Waals surface area (Å²) < 4.78 is 11.4. The van der Waals surface area contributed by atoms with Gasteiger partial charge >= 0.3 is 11.9 Å². The molecule has 0 aliphatic heterocycles. The highest BCUT2D eigenvalue weighted by Gasteiger charge is 2.23. The molecule has 8 nitrogen and oxygen atoms in total. The molecule has 1 unspecified atom stereocenters. The number of ether oxygens (including phenoxy) is 1. The van der Waals surface area contributed by atoms with Crippen LogP contribution < -0.4 is 5.32 Å². The summed E-state index contributed by atoms with van der Waals surface area (Å²) in [6.45, 7) is 1.45. The monoisotopic (exact) mass is 480 g/mol. The summed E-state index contributed by atoms with van der Waals surface area (Å²) in [6.07, 6.45) is -1.14. The fourth-order valence-corrected chi connectivity index (χ4v) is 3.93. The van der Waals surface area contributed by atoms with Gasteiger partial charge in [0.1, 0.15) is 5.52 Å². The first-order valence-corrected chi connectivity index (χ1v) is 11.1. The highest BCUT2D eigenvalue weighted by molar-refractivity contribution is 6.11. The van der Waals surface area contributed by atoms with Crippen molar-refractivity contribution < 1.29 is 28.6 Å². The van der Waals surface area contributed by atoms with Crippen molar-refractivity contribution in [2.75, 3.05) is 5.32 Å². The van der Waals surface area contributed by atoms with Crippen LogP contribution in [0.1, 0.15) is 27.6 Å². The Morgan fingerprint density at radius 1 is 0.944 bits per heavy atom. The summed E-state index contributed by atoms with van der Waals surface area (Å²) in [5, 5.41) is 13.1. The van der Waals surface area contributed by atoms with Gasteiger partial charge in [0.2, 0.25) is 5.89 Å². The van der Waals surface area contributed by atoms with Gasteiger partial charge in [0, 0.05) is 16.6 Å². The number of carboxylic acids is 1. The van der Waals surface area contributed by atoms with E-state index in [0.29, 0.717) is 27.9 Å². The molecule has 8 heteroatoms. The molecule has 5 rings (SSSR count). The lowest BCUT2D eigenvalue weighted by molar-refractivity contribution is -0.123. The van der Waals surface area contributed by atoms with E-state index in [9.17, 15) is 14.4 Å². The number of amides is 1. The summed E-state index contributed by atoms with van der Waals surface area (Å²) in [5.41, 5.74) is 2.52. The number of oxazole rings is 1. The summed E-state index contributed by atoms with van der Waals surface area (Å²) in [6, 6.07) is 23.9. The third kappa shape index (κ3) is 4.39. The molecule has 5 aromatic rings. The highest BCUT2D eigenvalue weighted by atomic mass is 16.5. The van der Waals surface area contributed by atoms with Crippen LogP contribution in [0.5, 0.6) is 0 Å². The number of carbonyl (C=O) groups excluding carboxylic acids is 2. The second kappa shape index (κ2) is 9.34. The fraction of sp³-hybridized carbons (Fsp3) is 0.0714. The van der Waals surface area contributed by atoms with Gasteiger partial charge in [0.05, 0.1) is 11.1 Å². The number of anilines is 1. The highest BCUT2D eigenvalue weighted by Crippen LogP contribution is 2.33. The number of carbonyl (C=O) groups is 3. The number of para-hydroxylation sites is 2. The van der Waals surface area contributed by atoms with E-state index in [-0.39, 0.29) is 16.8 Å². The molecule has 178 valence electrons. The van der Waals surface area contributed by atoms with Crippen molar-refractivity contribution in [2.45, 2.75) is 13.0 Å². The molecule has 1 aromatic heterocycles. The van der Waals surface area contributed by atoms with Crippen LogP contribution in [0.15, 0.2) is 89.3 Å². The number of hydrogen-bond donors (Lipinski definition) is 2. The fourth-order valence-electron chi connectivity index (χ4n) is 3.93. The van der Waals surface area contributed by atoms with Crippen LogP contribution in [0, 0.1) is 0 Å². The predicted octanol–water partition coefficient (Wildman–Crippen LogP) is 5.53. The minimum Gasteiger partial charge on any atom is -0.478 e. The quantitative estimate of drug-likeness (QED) is 0.307. The lowest BCUT2D eigenvalue weighted by Crippen LogP contribution is -2.30. The average Bonchev–Trinajstić information content (AvgIpc) is 3.32. The predicted molar refractivity (Wildman–Crippen MR) is 134 cm³/mol. The minimum atomic E-state index is -1.14. The third-order valence-electron chi connectivity index (χ3n) is 5.68. The zero-order valence-electron chi connectivity index (χ0n) is 19.1. The molecule has 0 aliphatic rings. The van der Waals surface area contributed by atoms with Crippen LogP contribution in [0.4, 0.5) is 5.69 Å². The van der Waals surface area contributed by atoms with Crippen molar-refractivity contribution >= 4 is 45.4 Å². The SMILES string of the molecule is CC(OC(=O)c1cccc2cccc(-c3nc4ccccc4o3)c12)C(=O)Nc1cccc(C(=O)O)c1. The Morgan fingerprint density at radius 2 is 1.69 bits per heavy atom. The van der Waals surface area contributed by atoms with Crippen LogP contribution in [0.3, 0.4) is 0 Å². The van der Waals surface area contributed by atoms with Crippen LogP contribution in [-0.4, -0.2) is 34.0 Å². The van der Waals surface area contributed by atoms with Gasteiger partial charge in [-0.3, -0.25) is 4.79 Å². The molecule has 2 N–H and O–H groups in total.